The first-order valence-electron chi connectivity index (χ1n) is 10.0. The molecule has 0 spiro atoms. The first kappa shape index (κ1) is 24.9. The van der Waals surface area contributed by atoms with Gasteiger partial charge >= 0.3 is 16.1 Å². The number of rotatable bonds is 10. The van der Waals surface area contributed by atoms with Crippen LogP contribution in [0.2, 0.25) is 0 Å². The smallest absolute Gasteiger partial charge is 0.339 e. The standard InChI is InChI=1S/C23H20N2O7S2/c1-3-30-20-9-4-5-10-21(20)32-34(28,29)17-8-6-7-16(11-17)23(27)31-13-19(26)18(12-24)22-25-15(2)14-33-22/h4-11,14,18H,3,13H2,1-2H3. The van der Waals surface area contributed by atoms with Crippen LogP contribution in [0.25, 0.3) is 0 Å². The Morgan fingerprint density at radius 2 is 1.88 bits per heavy atom. The van der Waals surface area contributed by atoms with Gasteiger partial charge in [-0.05, 0) is 44.2 Å². The Morgan fingerprint density at radius 1 is 1.15 bits per heavy atom. The minimum Gasteiger partial charge on any atom is -0.490 e. The number of carbonyl (C=O) groups excluding carboxylic acids is 2. The molecule has 1 atom stereocenters. The first-order chi connectivity index (χ1) is 16.2. The van der Waals surface area contributed by atoms with Crippen LogP contribution in [0.4, 0.5) is 0 Å². The Balaban J connectivity index is 1.71. The van der Waals surface area contributed by atoms with Crippen LogP contribution >= 0.6 is 11.3 Å². The third kappa shape index (κ3) is 5.98. The highest BCUT2D eigenvalue weighted by Crippen LogP contribution is 2.29. The highest BCUT2D eigenvalue weighted by Gasteiger charge is 2.25. The molecular formula is C23H20N2O7S2. The van der Waals surface area contributed by atoms with Crippen molar-refractivity contribution in [3.63, 3.8) is 0 Å². The van der Waals surface area contributed by atoms with Gasteiger partial charge in [0.25, 0.3) is 0 Å². The Kier molecular flexibility index (Phi) is 7.99. The minimum absolute atomic E-state index is 0.00268. The molecular weight excluding hydrogens is 480 g/mol. The lowest BCUT2D eigenvalue weighted by Gasteiger charge is -2.12. The fraction of sp³-hybridized carbons (Fsp3) is 0.217. The van der Waals surface area contributed by atoms with Gasteiger partial charge in [-0.25, -0.2) is 9.78 Å². The second-order valence-electron chi connectivity index (χ2n) is 6.88. The maximum absolute atomic E-state index is 12.8. The second-order valence-corrected chi connectivity index (χ2v) is 9.31. The van der Waals surface area contributed by atoms with Crippen molar-refractivity contribution in [2.24, 2.45) is 0 Å². The van der Waals surface area contributed by atoms with E-state index in [1.54, 1.807) is 37.4 Å². The van der Waals surface area contributed by atoms with Crippen LogP contribution in [0.1, 0.15) is 33.9 Å². The van der Waals surface area contributed by atoms with Crippen molar-refractivity contribution in [1.82, 2.24) is 4.98 Å². The molecule has 3 aromatic rings. The lowest BCUT2D eigenvalue weighted by molar-refractivity contribution is -0.122. The van der Waals surface area contributed by atoms with Crippen LogP contribution in [-0.4, -0.2) is 38.4 Å². The Bertz CT molecular complexity index is 1340. The number of esters is 1. The van der Waals surface area contributed by atoms with Crippen molar-refractivity contribution in [3.05, 3.63) is 70.2 Å². The molecule has 0 amide bonds. The van der Waals surface area contributed by atoms with Gasteiger partial charge in [-0.2, -0.15) is 13.7 Å². The molecule has 34 heavy (non-hydrogen) atoms. The molecule has 11 heteroatoms. The molecule has 1 unspecified atom stereocenters. The van der Waals surface area contributed by atoms with Gasteiger partial charge in [0.05, 0.1) is 18.2 Å². The predicted molar refractivity (Wildman–Crippen MR) is 122 cm³/mol. The number of nitriles is 1. The maximum Gasteiger partial charge on any atom is 0.339 e. The number of Topliss-reactive ketones (excluding diaryl/α,β-unsaturated/α-hetero) is 1. The van der Waals surface area contributed by atoms with Crippen molar-refractivity contribution in [2.45, 2.75) is 24.7 Å². The number of hydrogen-bond donors (Lipinski definition) is 0. The average Bonchev–Trinajstić information content (AvgIpc) is 3.25. The Hall–Kier alpha value is -3.75. The molecule has 1 aromatic heterocycles. The summed E-state index contributed by atoms with van der Waals surface area (Å²) in [4.78, 5) is 28.7. The van der Waals surface area contributed by atoms with E-state index in [1.807, 2.05) is 6.07 Å². The molecule has 0 fully saturated rings. The highest BCUT2D eigenvalue weighted by atomic mass is 32.2. The van der Waals surface area contributed by atoms with E-state index in [0.29, 0.717) is 17.3 Å². The molecule has 0 aliphatic rings. The molecule has 176 valence electrons. The van der Waals surface area contributed by atoms with Gasteiger partial charge in [0.1, 0.15) is 9.90 Å². The molecule has 0 aliphatic carbocycles. The van der Waals surface area contributed by atoms with Gasteiger partial charge < -0.3 is 13.7 Å². The van der Waals surface area contributed by atoms with Crippen molar-refractivity contribution in [3.8, 4) is 17.6 Å². The number of benzene rings is 2. The number of thiazole rings is 1. The third-order valence-electron chi connectivity index (χ3n) is 4.39. The van der Waals surface area contributed by atoms with E-state index in [9.17, 15) is 23.3 Å². The van der Waals surface area contributed by atoms with E-state index in [-0.39, 0.29) is 22.0 Å². The van der Waals surface area contributed by atoms with Crippen LogP contribution < -0.4 is 8.92 Å². The number of nitrogens with zero attached hydrogens (tertiary/aromatic N) is 2. The summed E-state index contributed by atoms with van der Waals surface area (Å²) in [6, 6.07) is 13.2. The zero-order chi connectivity index (χ0) is 24.7. The number of para-hydroxylation sites is 2. The van der Waals surface area contributed by atoms with Crippen LogP contribution in [0.15, 0.2) is 58.8 Å². The number of aryl methyl sites for hydroxylation is 1. The molecule has 0 bridgehead atoms. The number of hydrogen-bond acceptors (Lipinski definition) is 10. The largest absolute Gasteiger partial charge is 0.490 e. The van der Waals surface area contributed by atoms with Gasteiger partial charge in [0, 0.05) is 11.1 Å². The molecule has 0 radical (unpaired) electrons. The summed E-state index contributed by atoms with van der Waals surface area (Å²) < 4.78 is 41.1. The molecule has 1 heterocycles. The van der Waals surface area contributed by atoms with E-state index in [1.165, 1.54) is 35.6 Å². The number of aromatic nitrogens is 1. The average molecular weight is 501 g/mol. The van der Waals surface area contributed by atoms with Crippen molar-refractivity contribution in [2.75, 3.05) is 13.2 Å². The summed E-state index contributed by atoms with van der Waals surface area (Å²) in [6.45, 7) is 3.14. The normalized spacial score (nSPS) is 11.8. The Morgan fingerprint density at radius 3 is 2.53 bits per heavy atom. The van der Waals surface area contributed by atoms with Crippen LogP contribution in [0.3, 0.4) is 0 Å². The van der Waals surface area contributed by atoms with Crippen LogP contribution in [0, 0.1) is 18.3 Å². The number of carbonyl (C=O) groups is 2. The van der Waals surface area contributed by atoms with Gasteiger partial charge in [-0.1, -0.05) is 18.2 Å². The van der Waals surface area contributed by atoms with Crippen LogP contribution in [-0.2, 0) is 19.6 Å². The summed E-state index contributed by atoms with van der Waals surface area (Å²) in [7, 11) is -4.30. The number of ether oxygens (including phenoxy) is 2. The minimum atomic E-state index is -4.30. The van der Waals surface area contributed by atoms with Crippen LogP contribution in [0.5, 0.6) is 11.5 Å². The first-order valence-corrected chi connectivity index (χ1v) is 12.3. The van der Waals surface area contributed by atoms with Gasteiger partial charge in [0.15, 0.2) is 29.8 Å². The molecule has 0 saturated heterocycles. The molecule has 3 rings (SSSR count). The van der Waals surface area contributed by atoms with E-state index in [4.69, 9.17) is 13.7 Å². The molecule has 9 nitrogen and oxygen atoms in total. The predicted octanol–water partition coefficient (Wildman–Crippen LogP) is 3.65. The molecule has 0 N–H and O–H groups in total. The summed E-state index contributed by atoms with van der Waals surface area (Å²) in [5.41, 5.74) is 0.573. The Labute approximate surface area is 200 Å². The van der Waals surface area contributed by atoms with E-state index in [2.05, 4.69) is 4.98 Å². The fourth-order valence-corrected chi connectivity index (χ4v) is 4.66. The zero-order valence-electron chi connectivity index (χ0n) is 18.3. The fourth-order valence-electron chi connectivity index (χ4n) is 2.81. The van der Waals surface area contributed by atoms with E-state index < -0.39 is 34.4 Å². The molecule has 0 aliphatic heterocycles. The molecule has 2 aromatic carbocycles. The van der Waals surface area contributed by atoms with E-state index in [0.717, 1.165) is 6.07 Å². The lowest BCUT2D eigenvalue weighted by Crippen LogP contribution is -2.20. The second kappa shape index (κ2) is 10.9. The SMILES string of the molecule is CCOc1ccccc1OS(=O)(=O)c1cccc(C(=O)OCC(=O)C(C#N)c2nc(C)cs2)c1. The lowest BCUT2D eigenvalue weighted by atomic mass is 10.1. The van der Waals surface area contributed by atoms with Gasteiger partial charge in [-0.3, -0.25) is 4.79 Å². The zero-order valence-corrected chi connectivity index (χ0v) is 19.9. The van der Waals surface area contributed by atoms with Gasteiger partial charge in [-0.15, -0.1) is 11.3 Å². The van der Waals surface area contributed by atoms with E-state index >= 15 is 0 Å². The third-order valence-corrected chi connectivity index (χ3v) is 6.64. The van der Waals surface area contributed by atoms with Crippen molar-refractivity contribution in [1.29, 1.82) is 5.26 Å². The summed E-state index contributed by atoms with van der Waals surface area (Å²) in [5, 5.41) is 11.3. The molecule has 0 saturated carbocycles. The topological polar surface area (TPSA) is 133 Å². The van der Waals surface area contributed by atoms with Crippen molar-refractivity contribution >= 4 is 33.2 Å². The monoisotopic (exact) mass is 500 g/mol. The summed E-state index contributed by atoms with van der Waals surface area (Å²) >= 11 is 1.17. The maximum atomic E-state index is 12.8. The summed E-state index contributed by atoms with van der Waals surface area (Å²) in [6.07, 6.45) is 0. The number of ketones is 1. The quantitative estimate of drug-likeness (QED) is 0.302. The van der Waals surface area contributed by atoms with Crippen molar-refractivity contribution < 1.29 is 31.7 Å². The van der Waals surface area contributed by atoms with Gasteiger partial charge in [0.2, 0.25) is 0 Å². The summed E-state index contributed by atoms with van der Waals surface area (Å²) in [5.74, 6) is -2.46. The highest BCUT2D eigenvalue weighted by molar-refractivity contribution is 7.87.